The van der Waals surface area contributed by atoms with E-state index < -0.39 is 5.79 Å². The van der Waals surface area contributed by atoms with Crippen LogP contribution in [0.3, 0.4) is 0 Å². The molecular weight excluding hydrogens is 192 g/mol. The first-order valence-corrected chi connectivity index (χ1v) is 6.17. The maximum atomic E-state index is 9.80. The van der Waals surface area contributed by atoms with Crippen LogP contribution in [0.2, 0.25) is 0 Å². The van der Waals surface area contributed by atoms with Crippen molar-refractivity contribution in [2.45, 2.75) is 76.5 Å². The molecule has 0 unspecified atom stereocenters. The van der Waals surface area contributed by atoms with Crippen LogP contribution in [0.5, 0.6) is 0 Å². The van der Waals surface area contributed by atoms with Gasteiger partial charge in [-0.25, -0.2) is 0 Å². The number of ether oxygens (including phenoxy) is 2. The summed E-state index contributed by atoms with van der Waals surface area (Å²) in [6.45, 7) is 4.16. The van der Waals surface area contributed by atoms with E-state index in [1.165, 1.54) is 0 Å². The third-order valence-corrected chi connectivity index (χ3v) is 3.49. The molecule has 4 atom stereocenters. The summed E-state index contributed by atoms with van der Waals surface area (Å²) in [5.41, 5.74) is 0. The van der Waals surface area contributed by atoms with Crippen molar-refractivity contribution in [3.63, 3.8) is 0 Å². The van der Waals surface area contributed by atoms with E-state index in [1.807, 2.05) is 6.92 Å². The van der Waals surface area contributed by atoms with E-state index in [0.29, 0.717) is 12.5 Å². The summed E-state index contributed by atoms with van der Waals surface area (Å²) in [7, 11) is 0. The van der Waals surface area contributed by atoms with Crippen molar-refractivity contribution >= 4 is 0 Å². The fourth-order valence-corrected chi connectivity index (χ4v) is 2.83. The molecule has 0 amide bonds. The van der Waals surface area contributed by atoms with E-state index in [-0.39, 0.29) is 12.2 Å². The van der Waals surface area contributed by atoms with Crippen molar-refractivity contribution in [3.05, 3.63) is 0 Å². The van der Waals surface area contributed by atoms with Gasteiger partial charge in [-0.05, 0) is 32.6 Å². The molecule has 0 aliphatic carbocycles. The van der Waals surface area contributed by atoms with Crippen LogP contribution >= 0.6 is 0 Å². The smallest absolute Gasteiger partial charge is 0.171 e. The van der Waals surface area contributed by atoms with Gasteiger partial charge in [-0.15, -0.1) is 0 Å². The molecule has 2 heterocycles. The fraction of sp³-hybridized carbons (Fsp3) is 1.00. The molecule has 2 rings (SSSR count). The van der Waals surface area contributed by atoms with E-state index in [2.05, 4.69) is 6.92 Å². The van der Waals surface area contributed by atoms with Crippen LogP contribution in [0.15, 0.2) is 0 Å². The summed E-state index contributed by atoms with van der Waals surface area (Å²) in [5.74, 6) is -0.476. The minimum Gasteiger partial charge on any atom is -0.393 e. The van der Waals surface area contributed by atoms with Gasteiger partial charge in [-0.2, -0.15) is 0 Å². The molecule has 0 aromatic heterocycles. The van der Waals surface area contributed by atoms with Crippen molar-refractivity contribution in [2.75, 3.05) is 0 Å². The third-order valence-electron chi connectivity index (χ3n) is 3.49. The zero-order valence-electron chi connectivity index (χ0n) is 9.74. The number of aliphatic hydroxyl groups excluding tert-OH is 1. The van der Waals surface area contributed by atoms with E-state index in [1.54, 1.807) is 0 Å². The third kappa shape index (κ3) is 2.52. The minimum atomic E-state index is -0.476. The van der Waals surface area contributed by atoms with Crippen molar-refractivity contribution < 1.29 is 14.6 Å². The molecule has 88 valence electrons. The van der Waals surface area contributed by atoms with E-state index >= 15 is 0 Å². The summed E-state index contributed by atoms with van der Waals surface area (Å²) >= 11 is 0. The molecule has 2 aliphatic heterocycles. The molecular formula is C12H22O3. The Morgan fingerprint density at radius 3 is 2.87 bits per heavy atom. The first-order valence-electron chi connectivity index (χ1n) is 6.17. The highest BCUT2D eigenvalue weighted by Gasteiger charge is 2.44. The monoisotopic (exact) mass is 214 g/mol. The lowest BCUT2D eigenvalue weighted by Crippen LogP contribution is -2.51. The van der Waals surface area contributed by atoms with Crippen LogP contribution in [0.1, 0.15) is 52.4 Å². The van der Waals surface area contributed by atoms with Gasteiger partial charge in [0.25, 0.3) is 0 Å². The lowest BCUT2D eigenvalue weighted by Gasteiger charge is -2.46. The predicted octanol–water partition coefficient (Wildman–Crippen LogP) is 2.22. The van der Waals surface area contributed by atoms with Gasteiger partial charge in [0.15, 0.2) is 5.79 Å². The number of aliphatic hydroxyl groups is 1. The molecule has 3 heteroatoms. The highest BCUT2D eigenvalue weighted by molar-refractivity contribution is 4.86. The summed E-state index contributed by atoms with van der Waals surface area (Å²) in [4.78, 5) is 0. The van der Waals surface area contributed by atoms with E-state index in [4.69, 9.17) is 9.47 Å². The quantitative estimate of drug-likeness (QED) is 0.727. The molecule has 0 aromatic rings. The molecule has 15 heavy (non-hydrogen) atoms. The second-order valence-electron chi connectivity index (χ2n) is 4.97. The second-order valence-corrected chi connectivity index (χ2v) is 4.97. The maximum Gasteiger partial charge on any atom is 0.171 e. The lowest BCUT2D eigenvalue weighted by molar-refractivity contribution is -0.324. The van der Waals surface area contributed by atoms with Gasteiger partial charge in [0.2, 0.25) is 0 Å². The molecule has 1 spiro atoms. The lowest BCUT2D eigenvalue weighted by atomic mass is 9.91. The van der Waals surface area contributed by atoms with Crippen molar-refractivity contribution in [3.8, 4) is 0 Å². The van der Waals surface area contributed by atoms with Crippen LogP contribution in [-0.2, 0) is 9.47 Å². The Morgan fingerprint density at radius 2 is 2.20 bits per heavy atom. The molecule has 0 radical (unpaired) electrons. The van der Waals surface area contributed by atoms with Gasteiger partial charge in [-0.3, -0.25) is 0 Å². The van der Waals surface area contributed by atoms with E-state index in [0.717, 1.165) is 32.1 Å². The van der Waals surface area contributed by atoms with Crippen LogP contribution in [0.4, 0.5) is 0 Å². The van der Waals surface area contributed by atoms with Gasteiger partial charge in [0.1, 0.15) is 0 Å². The molecule has 0 aromatic carbocycles. The largest absolute Gasteiger partial charge is 0.393 e. The minimum absolute atomic E-state index is 0.115. The molecule has 2 aliphatic rings. The Labute approximate surface area is 91.8 Å². The predicted molar refractivity (Wildman–Crippen MR) is 57.5 cm³/mol. The maximum absolute atomic E-state index is 9.80. The van der Waals surface area contributed by atoms with Crippen LogP contribution in [0.25, 0.3) is 0 Å². The average molecular weight is 214 g/mol. The molecule has 2 saturated heterocycles. The molecule has 0 bridgehead atoms. The molecule has 2 fully saturated rings. The Balaban J connectivity index is 2.04. The van der Waals surface area contributed by atoms with Gasteiger partial charge >= 0.3 is 0 Å². The average Bonchev–Trinajstić information content (AvgIpc) is 2.15. The first kappa shape index (κ1) is 11.4. The second kappa shape index (κ2) is 4.40. The molecule has 0 saturated carbocycles. The number of hydrogen-bond donors (Lipinski definition) is 1. The van der Waals surface area contributed by atoms with Gasteiger partial charge < -0.3 is 14.6 Å². The SMILES string of the molecule is CC[C@@H]1CCC[C@@]2(C[C@@H](O)C[C@@H](C)O2)O1. The molecule has 1 N–H and O–H groups in total. The Kier molecular flexibility index (Phi) is 3.33. The summed E-state index contributed by atoms with van der Waals surface area (Å²) in [5, 5.41) is 9.80. The highest BCUT2D eigenvalue weighted by atomic mass is 16.7. The number of rotatable bonds is 1. The van der Waals surface area contributed by atoms with Crippen molar-refractivity contribution in [1.29, 1.82) is 0 Å². The zero-order valence-corrected chi connectivity index (χ0v) is 9.74. The van der Waals surface area contributed by atoms with Gasteiger partial charge in [0, 0.05) is 12.8 Å². The topological polar surface area (TPSA) is 38.7 Å². The number of hydrogen-bond acceptors (Lipinski definition) is 3. The Morgan fingerprint density at radius 1 is 1.40 bits per heavy atom. The normalized spacial score (nSPS) is 47.0. The zero-order chi connectivity index (χ0) is 10.9. The highest BCUT2D eigenvalue weighted by Crippen LogP contribution is 2.39. The van der Waals surface area contributed by atoms with Gasteiger partial charge in [0.05, 0.1) is 18.3 Å². The standard InChI is InChI=1S/C12H22O3/c1-3-11-5-4-6-12(15-11)8-10(13)7-9(2)14-12/h9-11,13H,3-8H2,1-2H3/t9-,10+,11-,12+/m1/s1. The van der Waals surface area contributed by atoms with Crippen molar-refractivity contribution in [2.24, 2.45) is 0 Å². The van der Waals surface area contributed by atoms with E-state index in [9.17, 15) is 5.11 Å². The summed E-state index contributed by atoms with van der Waals surface area (Å²) in [6, 6.07) is 0. The fourth-order valence-electron chi connectivity index (χ4n) is 2.83. The first-order chi connectivity index (χ1) is 7.13. The Bertz CT molecular complexity index is 207. The van der Waals surface area contributed by atoms with Crippen LogP contribution in [-0.4, -0.2) is 29.2 Å². The Hall–Kier alpha value is -0.120. The van der Waals surface area contributed by atoms with Crippen LogP contribution < -0.4 is 0 Å². The summed E-state index contributed by atoms with van der Waals surface area (Å²) < 4.78 is 12.0. The van der Waals surface area contributed by atoms with Crippen LogP contribution in [0, 0.1) is 0 Å². The van der Waals surface area contributed by atoms with Gasteiger partial charge in [-0.1, -0.05) is 6.92 Å². The molecule has 3 nitrogen and oxygen atoms in total. The summed E-state index contributed by atoms with van der Waals surface area (Å²) in [6.07, 6.45) is 5.81. The van der Waals surface area contributed by atoms with Crippen molar-refractivity contribution in [1.82, 2.24) is 0 Å².